The summed E-state index contributed by atoms with van der Waals surface area (Å²) < 4.78 is 27.3. The second kappa shape index (κ2) is 8.60. The van der Waals surface area contributed by atoms with Gasteiger partial charge in [0.1, 0.15) is 0 Å². The molecule has 1 saturated heterocycles. The van der Waals surface area contributed by atoms with E-state index in [0.29, 0.717) is 30.8 Å². The smallest absolute Gasteiger partial charge is 0.243 e. The number of sulfonamides is 1. The fourth-order valence-corrected chi connectivity index (χ4v) is 4.62. The number of anilines is 1. The molecule has 0 saturated carbocycles. The topological polar surface area (TPSA) is 78.5 Å². The third-order valence-corrected chi connectivity index (χ3v) is 6.28. The lowest BCUT2D eigenvalue weighted by atomic mass is 10.2. The van der Waals surface area contributed by atoms with Gasteiger partial charge in [-0.15, -0.1) is 0 Å². The largest absolute Gasteiger partial charge is 0.326 e. The normalized spacial score (nSPS) is 16.1. The van der Waals surface area contributed by atoms with Crippen LogP contribution >= 0.6 is 0 Å². The third-order valence-electron chi connectivity index (χ3n) is 4.24. The summed E-state index contributed by atoms with van der Waals surface area (Å²) >= 11 is 0. The number of piperidine rings is 1. The van der Waals surface area contributed by atoms with Crippen molar-refractivity contribution in [2.24, 2.45) is 0 Å². The predicted molar refractivity (Wildman–Crippen MR) is 95.6 cm³/mol. The first-order chi connectivity index (χ1) is 11.4. The molecule has 1 aliphatic rings. The van der Waals surface area contributed by atoms with E-state index in [1.54, 1.807) is 29.4 Å². The molecule has 1 heterocycles. The van der Waals surface area contributed by atoms with Crippen LogP contribution in [-0.4, -0.2) is 45.3 Å². The summed E-state index contributed by atoms with van der Waals surface area (Å²) in [6.45, 7) is 3.70. The van der Waals surface area contributed by atoms with Crippen molar-refractivity contribution in [1.29, 1.82) is 0 Å². The molecule has 0 aromatic heterocycles. The number of nitrogens with zero attached hydrogens (tertiary/aromatic N) is 1. The highest BCUT2D eigenvalue weighted by atomic mass is 32.2. The van der Waals surface area contributed by atoms with E-state index in [1.807, 2.05) is 7.05 Å². The van der Waals surface area contributed by atoms with Crippen molar-refractivity contribution in [3.8, 4) is 0 Å². The van der Waals surface area contributed by atoms with Crippen LogP contribution in [0.2, 0.25) is 0 Å². The van der Waals surface area contributed by atoms with E-state index in [2.05, 4.69) is 10.6 Å². The second-order valence-corrected chi connectivity index (χ2v) is 8.11. The molecular formula is C17H27N3O3S. The fourth-order valence-electron chi connectivity index (χ4n) is 2.85. The number of carbonyl (C=O) groups is 1. The SMILES string of the molecule is CNCCCC(=O)Nc1ccc(C)c(S(=O)(=O)N2CCCCC2)c1. The van der Waals surface area contributed by atoms with Crippen molar-refractivity contribution in [2.45, 2.75) is 43.9 Å². The van der Waals surface area contributed by atoms with Gasteiger partial charge in [0.25, 0.3) is 0 Å². The Morgan fingerprint density at radius 3 is 2.58 bits per heavy atom. The van der Waals surface area contributed by atoms with Crippen LogP contribution in [0.15, 0.2) is 23.1 Å². The Hall–Kier alpha value is -1.44. The molecule has 6 nitrogen and oxygen atoms in total. The molecule has 1 aromatic carbocycles. The third kappa shape index (κ3) is 4.78. The summed E-state index contributed by atoms with van der Waals surface area (Å²) in [5.74, 6) is -0.101. The summed E-state index contributed by atoms with van der Waals surface area (Å²) in [5, 5.41) is 5.79. The molecule has 1 aliphatic heterocycles. The average molecular weight is 353 g/mol. The Morgan fingerprint density at radius 1 is 1.21 bits per heavy atom. The Kier molecular flexibility index (Phi) is 6.77. The summed E-state index contributed by atoms with van der Waals surface area (Å²) in [6.07, 6.45) is 4.03. The van der Waals surface area contributed by atoms with Crippen molar-refractivity contribution in [3.05, 3.63) is 23.8 Å². The van der Waals surface area contributed by atoms with E-state index in [1.165, 1.54) is 0 Å². The molecule has 0 atom stereocenters. The number of hydrogen-bond donors (Lipinski definition) is 2. The lowest BCUT2D eigenvalue weighted by molar-refractivity contribution is -0.116. The average Bonchev–Trinajstić information content (AvgIpc) is 2.57. The van der Waals surface area contributed by atoms with E-state index in [-0.39, 0.29) is 10.8 Å². The summed E-state index contributed by atoms with van der Waals surface area (Å²) in [7, 11) is -1.66. The molecule has 1 aromatic rings. The first-order valence-corrected chi connectivity index (χ1v) is 9.94. The number of benzene rings is 1. The van der Waals surface area contributed by atoms with Gasteiger partial charge >= 0.3 is 0 Å². The highest BCUT2D eigenvalue weighted by Gasteiger charge is 2.27. The molecule has 0 spiro atoms. The molecule has 24 heavy (non-hydrogen) atoms. The summed E-state index contributed by atoms with van der Waals surface area (Å²) in [4.78, 5) is 12.2. The molecular weight excluding hydrogens is 326 g/mol. The number of carbonyl (C=O) groups excluding carboxylic acids is 1. The monoisotopic (exact) mass is 353 g/mol. The van der Waals surface area contributed by atoms with Gasteiger partial charge in [-0.25, -0.2) is 8.42 Å². The number of amides is 1. The number of nitrogens with one attached hydrogen (secondary N) is 2. The minimum absolute atomic E-state index is 0.101. The van der Waals surface area contributed by atoms with Crippen LogP contribution in [0.1, 0.15) is 37.7 Å². The quantitative estimate of drug-likeness (QED) is 0.736. The second-order valence-electron chi connectivity index (χ2n) is 6.20. The minimum atomic E-state index is -3.50. The van der Waals surface area contributed by atoms with Crippen molar-refractivity contribution in [2.75, 3.05) is 32.0 Å². The van der Waals surface area contributed by atoms with Crippen molar-refractivity contribution < 1.29 is 13.2 Å². The van der Waals surface area contributed by atoms with Crippen LogP contribution in [0.25, 0.3) is 0 Å². The molecule has 2 rings (SSSR count). The summed E-state index contributed by atoms with van der Waals surface area (Å²) in [5.41, 5.74) is 1.24. The van der Waals surface area contributed by atoms with E-state index >= 15 is 0 Å². The van der Waals surface area contributed by atoms with E-state index in [9.17, 15) is 13.2 Å². The standard InChI is InChI=1S/C17H27N3O3S/c1-14-8-9-15(19-17(21)7-6-10-18-2)13-16(14)24(22,23)20-11-4-3-5-12-20/h8-9,13,18H,3-7,10-12H2,1-2H3,(H,19,21). The molecule has 134 valence electrons. The molecule has 0 unspecified atom stereocenters. The molecule has 0 aliphatic carbocycles. The maximum atomic E-state index is 12.9. The maximum Gasteiger partial charge on any atom is 0.243 e. The van der Waals surface area contributed by atoms with Gasteiger partial charge in [0.05, 0.1) is 4.90 Å². The van der Waals surface area contributed by atoms with Crippen LogP contribution < -0.4 is 10.6 Å². The van der Waals surface area contributed by atoms with Gasteiger partial charge in [-0.2, -0.15) is 4.31 Å². The van der Waals surface area contributed by atoms with Crippen molar-refractivity contribution in [3.63, 3.8) is 0 Å². The predicted octanol–water partition coefficient (Wildman–Crippen LogP) is 2.11. The van der Waals surface area contributed by atoms with Crippen molar-refractivity contribution in [1.82, 2.24) is 9.62 Å². The first-order valence-electron chi connectivity index (χ1n) is 8.50. The van der Waals surface area contributed by atoms with Gasteiger partial charge in [0.15, 0.2) is 0 Å². The zero-order valence-corrected chi connectivity index (χ0v) is 15.3. The number of hydrogen-bond acceptors (Lipinski definition) is 4. The highest BCUT2D eigenvalue weighted by Crippen LogP contribution is 2.26. The van der Waals surface area contributed by atoms with Gasteiger partial charge in [0, 0.05) is 25.2 Å². The number of aryl methyl sites for hydroxylation is 1. The van der Waals surface area contributed by atoms with Gasteiger partial charge in [-0.05, 0) is 57.5 Å². The fraction of sp³-hybridized carbons (Fsp3) is 0.588. The van der Waals surface area contributed by atoms with E-state index in [0.717, 1.165) is 32.2 Å². The zero-order valence-electron chi connectivity index (χ0n) is 14.5. The van der Waals surface area contributed by atoms with Crippen LogP contribution in [0, 0.1) is 6.92 Å². The molecule has 1 fully saturated rings. The Balaban J connectivity index is 2.14. The highest BCUT2D eigenvalue weighted by molar-refractivity contribution is 7.89. The first kappa shape index (κ1) is 18.9. The zero-order chi connectivity index (χ0) is 17.6. The Labute approximate surface area is 144 Å². The van der Waals surface area contributed by atoms with Gasteiger partial charge in [-0.3, -0.25) is 4.79 Å². The van der Waals surface area contributed by atoms with Crippen molar-refractivity contribution >= 4 is 21.6 Å². The Morgan fingerprint density at radius 2 is 1.92 bits per heavy atom. The van der Waals surface area contributed by atoms with E-state index in [4.69, 9.17) is 0 Å². The van der Waals surface area contributed by atoms with Crippen LogP contribution in [0.3, 0.4) is 0 Å². The maximum absolute atomic E-state index is 12.9. The lowest BCUT2D eigenvalue weighted by Gasteiger charge is -2.26. The van der Waals surface area contributed by atoms with Gasteiger partial charge < -0.3 is 10.6 Å². The lowest BCUT2D eigenvalue weighted by Crippen LogP contribution is -2.36. The van der Waals surface area contributed by atoms with Crippen LogP contribution in [0.5, 0.6) is 0 Å². The Bertz CT molecular complexity index is 668. The molecule has 0 radical (unpaired) electrons. The summed E-state index contributed by atoms with van der Waals surface area (Å²) in [6, 6.07) is 5.08. The van der Waals surface area contributed by atoms with E-state index < -0.39 is 10.0 Å². The van der Waals surface area contributed by atoms with Crippen LogP contribution in [0.4, 0.5) is 5.69 Å². The van der Waals surface area contributed by atoms with Crippen LogP contribution in [-0.2, 0) is 14.8 Å². The van der Waals surface area contributed by atoms with Gasteiger partial charge in [0.2, 0.25) is 15.9 Å². The number of rotatable bonds is 7. The molecule has 7 heteroatoms. The van der Waals surface area contributed by atoms with Gasteiger partial charge in [-0.1, -0.05) is 12.5 Å². The minimum Gasteiger partial charge on any atom is -0.326 e. The molecule has 1 amide bonds. The molecule has 2 N–H and O–H groups in total. The molecule has 0 bridgehead atoms.